The van der Waals surface area contributed by atoms with Crippen molar-refractivity contribution in [3.63, 3.8) is 0 Å². The molecule has 1 radical (unpaired) electrons. The topological polar surface area (TPSA) is 244 Å². The van der Waals surface area contributed by atoms with Crippen LogP contribution in [0.1, 0.15) is 50.5 Å². The number of nitrogens with one attached hydrogen (secondary N) is 2. The third-order valence-corrected chi connectivity index (χ3v) is 10.7. The quantitative estimate of drug-likeness (QED) is 0.0645. The van der Waals surface area contributed by atoms with Crippen molar-refractivity contribution >= 4 is 45.4 Å². The molecule has 2 unspecified atom stereocenters. The second kappa shape index (κ2) is 25.1. The molecule has 2 fully saturated rings. The SMILES string of the molecule is Cc1ccnc(-c2cc(N3CCCC3C(=O)NC(CS(=O)(=O)[O-])C(=O)NCCCCC(=O)ON3C(=O)CCC3=O)ccn2)c1.[Ir].[c-]1ccccc1-n1cccn1.[c-]1ccccc1-n1cccn1. The minimum absolute atomic E-state index is 0. The smallest absolute Gasteiger partial charge is 0.333 e. The molecule has 0 bridgehead atoms. The molecule has 21 heteroatoms. The number of hydrogen-bond donors (Lipinski definition) is 2. The molecule has 8 rings (SSSR count). The fourth-order valence-corrected chi connectivity index (χ4v) is 7.47. The van der Waals surface area contributed by atoms with Crippen LogP contribution in [0.2, 0.25) is 0 Å². The predicted molar refractivity (Wildman–Crippen MR) is 238 cm³/mol. The van der Waals surface area contributed by atoms with E-state index in [1.54, 1.807) is 46.3 Å². The van der Waals surface area contributed by atoms with Crippen molar-refractivity contribution < 1.29 is 61.9 Å². The molecule has 2 atom stereocenters. The standard InChI is InChI=1S/C28H34N6O9S.2C9H7N2.Ir/c1-18-9-12-29-20(15-18)21-16-19(10-13-30-21)33-14-4-5-23(33)28(39)32-22(17-44(40,41)42)27(38)31-11-3-2-6-26(37)43-34-24(35)7-8-25(34)36;2*1-2-5-9(6-3-1)11-8-4-7-10-11;/h9-10,12-13,15-16,22-23H,2-8,11,14,17H2,1H3,(H,31,38)(H,32,39)(H,40,41,42);2*1-5,7-8H;/q;2*-1;/p-1. The maximum Gasteiger partial charge on any atom is 0.333 e. The molecule has 4 aromatic heterocycles. The number of carbonyl (C=O) groups is 5. The predicted octanol–water partition coefficient (Wildman–Crippen LogP) is 3.69. The summed E-state index contributed by atoms with van der Waals surface area (Å²) in [5, 5.41) is 13.5. The van der Waals surface area contributed by atoms with Crippen molar-refractivity contribution in [1.82, 2.24) is 45.2 Å². The van der Waals surface area contributed by atoms with E-state index in [4.69, 9.17) is 4.84 Å². The molecule has 2 saturated heterocycles. The Labute approximate surface area is 401 Å². The third kappa shape index (κ3) is 15.6. The molecule has 6 aromatic rings. The number of unbranched alkanes of at least 4 members (excludes halogenated alkanes) is 1. The number of hydroxylamine groups is 2. The Morgan fingerprint density at radius 1 is 0.836 bits per heavy atom. The summed E-state index contributed by atoms with van der Waals surface area (Å²) in [6.45, 7) is 2.47. The van der Waals surface area contributed by atoms with Crippen LogP contribution in [0.15, 0.2) is 122 Å². The van der Waals surface area contributed by atoms with Crippen molar-refractivity contribution in [3.05, 3.63) is 140 Å². The van der Waals surface area contributed by atoms with E-state index in [1.165, 1.54) is 0 Å². The summed E-state index contributed by atoms with van der Waals surface area (Å²) in [4.78, 5) is 76.5. The van der Waals surface area contributed by atoms with Crippen LogP contribution in [0.25, 0.3) is 22.8 Å². The number of amides is 4. The first-order valence-corrected chi connectivity index (χ1v) is 22.6. The van der Waals surface area contributed by atoms with Gasteiger partial charge in [-0.15, -0.1) is 17.2 Å². The van der Waals surface area contributed by atoms with Crippen LogP contribution in [0, 0.1) is 19.1 Å². The van der Waals surface area contributed by atoms with E-state index in [0.29, 0.717) is 41.5 Å². The average molecular weight is 1110 g/mol. The molecule has 4 amide bonds. The molecule has 2 aliphatic rings. The Morgan fingerprint density at radius 2 is 1.45 bits per heavy atom. The van der Waals surface area contributed by atoms with Crippen molar-refractivity contribution in [2.45, 2.75) is 64.0 Å². The molecule has 2 aliphatic heterocycles. The van der Waals surface area contributed by atoms with E-state index in [1.807, 2.05) is 97.0 Å². The number of imide groups is 1. The molecule has 19 nitrogen and oxygen atoms in total. The first kappa shape index (κ1) is 51.1. The zero-order chi connectivity index (χ0) is 46.9. The van der Waals surface area contributed by atoms with Crippen molar-refractivity contribution in [1.29, 1.82) is 0 Å². The number of aryl methyl sites for hydroxylation is 1. The van der Waals surface area contributed by atoms with Gasteiger partial charge in [0.2, 0.25) is 11.8 Å². The molecule has 0 saturated carbocycles. The summed E-state index contributed by atoms with van der Waals surface area (Å²) < 4.78 is 38.2. The largest absolute Gasteiger partial charge is 0.748 e. The van der Waals surface area contributed by atoms with Crippen molar-refractivity contribution in [2.75, 3.05) is 23.7 Å². The maximum absolute atomic E-state index is 13.3. The van der Waals surface area contributed by atoms with Gasteiger partial charge in [0, 0.05) is 95.3 Å². The molecule has 2 aromatic carbocycles. The molecular formula is C46H47IrN10O9S-3. The fraction of sp³-hybridized carbons (Fsp3) is 0.283. The number of anilines is 1. The van der Waals surface area contributed by atoms with Crippen LogP contribution in [0.5, 0.6) is 0 Å². The van der Waals surface area contributed by atoms with Crippen molar-refractivity contribution in [3.8, 4) is 22.8 Å². The molecular weight excluding hydrogens is 1060 g/mol. The van der Waals surface area contributed by atoms with E-state index in [9.17, 15) is 36.9 Å². The van der Waals surface area contributed by atoms with Gasteiger partial charge in [0.1, 0.15) is 12.1 Å². The summed E-state index contributed by atoms with van der Waals surface area (Å²) in [6, 6.07) is 30.3. The van der Waals surface area contributed by atoms with Crippen LogP contribution in [0.4, 0.5) is 5.69 Å². The van der Waals surface area contributed by atoms with Crippen LogP contribution in [-0.4, -0.2) is 108 Å². The van der Waals surface area contributed by atoms with Crippen LogP contribution >= 0.6 is 0 Å². The molecule has 0 aliphatic carbocycles. The van der Waals surface area contributed by atoms with E-state index in [0.717, 1.165) is 16.9 Å². The number of benzene rings is 2. The number of nitrogens with zero attached hydrogens (tertiary/aromatic N) is 8. The van der Waals surface area contributed by atoms with E-state index in [-0.39, 0.29) is 58.8 Å². The van der Waals surface area contributed by atoms with Crippen LogP contribution in [-0.2, 0) is 59.0 Å². The van der Waals surface area contributed by atoms with Gasteiger partial charge in [-0.3, -0.25) is 38.5 Å². The van der Waals surface area contributed by atoms with Gasteiger partial charge >= 0.3 is 5.97 Å². The Balaban J connectivity index is 0.000000293. The summed E-state index contributed by atoms with van der Waals surface area (Å²) in [7, 11) is -4.89. The number of carbonyl (C=O) groups excluding carboxylic acids is 5. The van der Waals surface area contributed by atoms with E-state index >= 15 is 0 Å². The molecule has 353 valence electrons. The first-order valence-electron chi connectivity index (χ1n) is 21.0. The second-order valence-electron chi connectivity index (χ2n) is 14.9. The van der Waals surface area contributed by atoms with E-state index in [2.05, 4.69) is 42.9 Å². The molecule has 0 spiro atoms. The Hall–Kier alpha value is -6.93. The van der Waals surface area contributed by atoms with Gasteiger partial charge in [-0.25, -0.2) is 13.2 Å². The minimum atomic E-state index is -4.89. The summed E-state index contributed by atoms with van der Waals surface area (Å²) in [5.41, 5.74) is 4.92. The van der Waals surface area contributed by atoms with Crippen LogP contribution in [0.3, 0.4) is 0 Å². The minimum Gasteiger partial charge on any atom is -0.748 e. The molecule has 2 N–H and O–H groups in total. The van der Waals surface area contributed by atoms with Gasteiger partial charge in [0.15, 0.2) is 0 Å². The number of aromatic nitrogens is 6. The van der Waals surface area contributed by atoms with Gasteiger partial charge in [0.05, 0.1) is 27.3 Å². The maximum atomic E-state index is 13.3. The number of hydrogen-bond acceptors (Lipinski definition) is 14. The van der Waals surface area contributed by atoms with Gasteiger partial charge in [0.25, 0.3) is 11.8 Å². The van der Waals surface area contributed by atoms with Crippen molar-refractivity contribution in [2.24, 2.45) is 0 Å². The first-order chi connectivity index (χ1) is 31.8. The van der Waals surface area contributed by atoms with Gasteiger partial charge in [-0.1, -0.05) is 0 Å². The molecule has 67 heavy (non-hydrogen) atoms. The normalized spacial score (nSPS) is 14.7. The summed E-state index contributed by atoms with van der Waals surface area (Å²) in [6.07, 6.45) is 12.0. The van der Waals surface area contributed by atoms with Crippen LogP contribution < -0.4 is 15.5 Å². The fourth-order valence-electron chi connectivity index (χ4n) is 6.83. The Morgan fingerprint density at radius 3 is 2.00 bits per heavy atom. The number of para-hydroxylation sites is 2. The monoisotopic (exact) mass is 1110 g/mol. The van der Waals surface area contributed by atoms with E-state index < -0.39 is 57.6 Å². The second-order valence-corrected chi connectivity index (χ2v) is 16.4. The third-order valence-electron chi connectivity index (χ3n) is 10.0. The summed E-state index contributed by atoms with van der Waals surface area (Å²) >= 11 is 0. The Bertz CT molecular complexity index is 2570. The number of pyridine rings is 2. The van der Waals surface area contributed by atoms with Gasteiger partial charge in [-0.05, 0) is 85.9 Å². The zero-order valence-electron chi connectivity index (χ0n) is 36.3. The van der Waals surface area contributed by atoms with Gasteiger partial charge in [-0.2, -0.15) is 58.7 Å². The zero-order valence-corrected chi connectivity index (χ0v) is 39.5. The Kier molecular flexibility index (Phi) is 19.1. The molecule has 6 heterocycles. The average Bonchev–Trinajstić information content (AvgIpc) is 4.18. The summed E-state index contributed by atoms with van der Waals surface area (Å²) in [5.74, 6) is -4.59. The number of rotatable bonds is 15. The van der Waals surface area contributed by atoms with Gasteiger partial charge < -0.3 is 24.9 Å².